The minimum atomic E-state index is -0.351. The molecule has 124 valence electrons. The van der Waals surface area contributed by atoms with Gasteiger partial charge in [-0.15, -0.1) is 0 Å². The van der Waals surface area contributed by atoms with Crippen LogP contribution in [0.15, 0.2) is 18.2 Å². The molecule has 1 fully saturated rings. The first kappa shape index (κ1) is 17.3. The molecule has 1 aromatic rings. The highest BCUT2D eigenvalue weighted by Gasteiger charge is 2.34. The number of hydrogen-bond donors (Lipinski definition) is 2. The number of aromatic hydroxyl groups is 1. The summed E-state index contributed by atoms with van der Waals surface area (Å²) >= 11 is 0. The minimum Gasteiger partial charge on any atom is -0.508 e. The van der Waals surface area contributed by atoms with Crippen LogP contribution in [0.2, 0.25) is 0 Å². The predicted octanol–water partition coefficient (Wildman–Crippen LogP) is 5.22. The minimum absolute atomic E-state index is 0.0751. The summed E-state index contributed by atoms with van der Waals surface area (Å²) in [5, 5.41) is 10.4. The molecule has 2 heteroatoms. The van der Waals surface area contributed by atoms with Gasteiger partial charge in [-0.3, -0.25) is 0 Å². The van der Waals surface area contributed by atoms with E-state index in [1.165, 1.54) is 12.0 Å². The van der Waals surface area contributed by atoms with Crippen LogP contribution in [-0.4, -0.2) is 5.11 Å². The zero-order valence-electron chi connectivity index (χ0n) is 15.0. The van der Waals surface area contributed by atoms with Crippen LogP contribution in [0, 0.1) is 5.41 Å². The quantitative estimate of drug-likeness (QED) is 0.803. The van der Waals surface area contributed by atoms with Gasteiger partial charge in [0.25, 0.3) is 0 Å². The average Bonchev–Trinajstić information content (AvgIpc) is 2.36. The maximum absolute atomic E-state index is 10.4. The molecule has 0 amide bonds. The topological polar surface area (TPSA) is 46.2 Å². The lowest BCUT2D eigenvalue weighted by Crippen LogP contribution is -2.39. The number of nitrogens with two attached hydrogens (primary N) is 1. The van der Waals surface area contributed by atoms with Crippen LogP contribution >= 0.6 is 0 Å². The first-order valence-electron chi connectivity index (χ1n) is 8.66. The molecule has 0 saturated heterocycles. The smallest absolute Gasteiger partial charge is 0.120 e. The summed E-state index contributed by atoms with van der Waals surface area (Å²) in [6, 6.07) is 6.08. The van der Waals surface area contributed by atoms with Crippen molar-refractivity contribution in [1.29, 1.82) is 0 Å². The van der Waals surface area contributed by atoms with Gasteiger partial charge in [0.2, 0.25) is 0 Å². The first-order valence-corrected chi connectivity index (χ1v) is 8.66. The molecule has 1 saturated carbocycles. The third kappa shape index (κ3) is 3.84. The Morgan fingerprint density at radius 1 is 1.05 bits per heavy atom. The summed E-state index contributed by atoms with van der Waals surface area (Å²) in [5.74, 6) is 0.361. The molecule has 2 nitrogen and oxygen atoms in total. The molecule has 0 aliphatic heterocycles. The third-order valence-corrected chi connectivity index (χ3v) is 5.03. The van der Waals surface area contributed by atoms with Gasteiger partial charge in [0.15, 0.2) is 0 Å². The zero-order chi connectivity index (χ0) is 16.6. The van der Waals surface area contributed by atoms with E-state index in [4.69, 9.17) is 5.73 Å². The Morgan fingerprint density at radius 3 is 2.18 bits per heavy atom. The lowest BCUT2D eigenvalue weighted by Gasteiger charge is -2.37. The molecule has 22 heavy (non-hydrogen) atoms. The van der Waals surface area contributed by atoms with Gasteiger partial charge >= 0.3 is 0 Å². The molecule has 0 atom stereocenters. The van der Waals surface area contributed by atoms with Crippen molar-refractivity contribution < 1.29 is 5.11 Å². The Labute approximate surface area is 136 Å². The van der Waals surface area contributed by atoms with Crippen molar-refractivity contribution in [3.8, 4) is 5.75 Å². The summed E-state index contributed by atoms with van der Waals surface area (Å²) in [5.41, 5.74) is 8.89. The highest BCUT2D eigenvalue weighted by Crippen LogP contribution is 2.42. The van der Waals surface area contributed by atoms with Crippen molar-refractivity contribution in [2.24, 2.45) is 11.1 Å². The average molecular weight is 303 g/mol. The Balaban J connectivity index is 2.38. The fraction of sp³-hybridized carbons (Fsp3) is 0.700. The van der Waals surface area contributed by atoms with Crippen LogP contribution in [0.5, 0.6) is 5.75 Å². The highest BCUT2D eigenvalue weighted by molar-refractivity contribution is 5.43. The van der Waals surface area contributed by atoms with E-state index in [-0.39, 0.29) is 16.4 Å². The summed E-state index contributed by atoms with van der Waals surface area (Å²) in [6.45, 7) is 11.4. The van der Waals surface area contributed by atoms with Gasteiger partial charge in [-0.05, 0) is 47.8 Å². The van der Waals surface area contributed by atoms with Crippen LogP contribution in [0.4, 0.5) is 0 Å². The Bertz CT molecular complexity index is 519. The second-order valence-electron chi connectivity index (χ2n) is 9.07. The lowest BCUT2D eigenvalue weighted by molar-refractivity contribution is 0.279. The third-order valence-electron chi connectivity index (χ3n) is 5.03. The van der Waals surface area contributed by atoms with Gasteiger partial charge < -0.3 is 10.8 Å². The molecule has 0 heterocycles. The molecule has 1 aliphatic rings. The fourth-order valence-corrected chi connectivity index (χ4v) is 4.24. The van der Waals surface area contributed by atoms with Gasteiger partial charge in [0.1, 0.15) is 5.75 Å². The van der Waals surface area contributed by atoms with E-state index in [1.54, 1.807) is 0 Å². The molecular weight excluding hydrogens is 270 g/mol. The van der Waals surface area contributed by atoms with Gasteiger partial charge in [-0.2, -0.15) is 0 Å². The summed E-state index contributed by atoms with van der Waals surface area (Å²) in [6.07, 6.45) is 6.63. The molecule has 0 aromatic heterocycles. The molecule has 1 aliphatic carbocycles. The number of phenols is 1. The molecule has 0 bridgehead atoms. The van der Waals surface area contributed by atoms with E-state index in [1.807, 2.05) is 6.07 Å². The molecule has 0 unspecified atom stereocenters. The molecule has 2 rings (SSSR count). The Kier molecular flexibility index (Phi) is 4.64. The van der Waals surface area contributed by atoms with Crippen molar-refractivity contribution >= 4 is 0 Å². The van der Waals surface area contributed by atoms with E-state index in [2.05, 4.69) is 46.8 Å². The SMILES string of the molecule is CC(C)(C)CC(C)(C)c1ccc(O)c(C2(N)CCCCC2)c1. The molecule has 3 N–H and O–H groups in total. The summed E-state index contributed by atoms with van der Waals surface area (Å²) < 4.78 is 0. The van der Waals surface area contributed by atoms with E-state index in [0.29, 0.717) is 5.75 Å². The van der Waals surface area contributed by atoms with E-state index >= 15 is 0 Å². The van der Waals surface area contributed by atoms with Crippen LogP contribution in [0.25, 0.3) is 0 Å². The Morgan fingerprint density at radius 2 is 1.64 bits per heavy atom. The molecule has 1 aromatic carbocycles. The van der Waals surface area contributed by atoms with Crippen LogP contribution < -0.4 is 5.73 Å². The number of hydrogen-bond acceptors (Lipinski definition) is 2. The van der Waals surface area contributed by atoms with Crippen molar-refractivity contribution in [3.05, 3.63) is 29.3 Å². The predicted molar refractivity (Wildman–Crippen MR) is 94.2 cm³/mol. The normalized spacial score (nSPS) is 19.2. The van der Waals surface area contributed by atoms with E-state index < -0.39 is 0 Å². The van der Waals surface area contributed by atoms with Gasteiger partial charge in [-0.25, -0.2) is 0 Å². The largest absolute Gasteiger partial charge is 0.508 e. The van der Waals surface area contributed by atoms with Crippen LogP contribution in [-0.2, 0) is 11.0 Å². The van der Waals surface area contributed by atoms with Crippen LogP contribution in [0.3, 0.4) is 0 Å². The standard InChI is InChI=1S/C20H33NO/c1-18(2,3)14-19(4,5)15-9-10-17(22)16(13-15)20(21)11-7-6-8-12-20/h9-10,13,22H,6-8,11-12,14,21H2,1-5H3. The molecular formula is C20H33NO. The monoisotopic (exact) mass is 303 g/mol. The zero-order valence-corrected chi connectivity index (χ0v) is 15.0. The summed E-state index contributed by atoms with van der Waals surface area (Å²) in [7, 11) is 0. The van der Waals surface area contributed by atoms with Crippen molar-refractivity contribution in [2.45, 2.75) is 84.1 Å². The number of phenolic OH excluding ortho intramolecular Hbond substituents is 1. The summed E-state index contributed by atoms with van der Waals surface area (Å²) in [4.78, 5) is 0. The first-order chi connectivity index (χ1) is 10.0. The van der Waals surface area contributed by atoms with Gasteiger partial charge in [0, 0.05) is 11.1 Å². The van der Waals surface area contributed by atoms with Crippen molar-refractivity contribution in [2.75, 3.05) is 0 Å². The van der Waals surface area contributed by atoms with E-state index in [0.717, 1.165) is 37.7 Å². The highest BCUT2D eigenvalue weighted by atomic mass is 16.3. The maximum Gasteiger partial charge on any atom is 0.120 e. The maximum atomic E-state index is 10.4. The van der Waals surface area contributed by atoms with Crippen molar-refractivity contribution in [3.63, 3.8) is 0 Å². The Hall–Kier alpha value is -1.02. The second-order valence-corrected chi connectivity index (χ2v) is 9.07. The van der Waals surface area contributed by atoms with Crippen LogP contribution in [0.1, 0.15) is 84.3 Å². The number of benzene rings is 1. The van der Waals surface area contributed by atoms with Gasteiger partial charge in [0.05, 0.1) is 0 Å². The molecule has 0 radical (unpaired) electrons. The van der Waals surface area contributed by atoms with Crippen molar-refractivity contribution in [1.82, 2.24) is 0 Å². The number of rotatable bonds is 3. The fourth-order valence-electron chi connectivity index (χ4n) is 4.24. The second kappa shape index (κ2) is 5.88. The molecule has 0 spiro atoms. The van der Waals surface area contributed by atoms with Gasteiger partial charge in [-0.1, -0.05) is 59.9 Å². The van der Waals surface area contributed by atoms with E-state index in [9.17, 15) is 5.11 Å². The lowest BCUT2D eigenvalue weighted by atomic mass is 9.70.